The quantitative estimate of drug-likeness (QED) is 0.700. The van der Waals surface area contributed by atoms with Crippen molar-refractivity contribution in [1.82, 2.24) is 5.32 Å². The minimum Gasteiger partial charge on any atom is -0.491 e. The molecule has 4 heteroatoms. The Hall–Kier alpha value is -1.10. The van der Waals surface area contributed by atoms with E-state index in [4.69, 9.17) is 14.2 Å². The van der Waals surface area contributed by atoms with Gasteiger partial charge in [-0.15, -0.1) is 0 Å². The predicted octanol–water partition coefficient (Wildman–Crippen LogP) is 1.62. The summed E-state index contributed by atoms with van der Waals surface area (Å²) in [5.41, 5.74) is 1.10. The summed E-state index contributed by atoms with van der Waals surface area (Å²) in [6.07, 6.45) is 0. The molecule has 0 amide bonds. The zero-order valence-electron chi connectivity index (χ0n) is 10.7. The summed E-state index contributed by atoms with van der Waals surface area (Å²) in [7, 11) is 5.27. The second kappa shape index (κ2) is 8.06. The molecule has 1 unspecified atom stereocenters. The van der Waals surface area contributed by atoms with E-state index in [1.807, 2.05) is 31.3 Å². The monoisotopic (exact) mass is 239 g/mol. The van der Waals surface area contributed by atoms with Crippen molar-refractivity contribution in [3.8, 4) is 5.75 Å². The lowest BCUT2D eigenvalue weighted by atomic mass is 10.1. The van der Waals surface area contributed by atoms with E-state index in [1.165, 1.54) is 0 Å². The van der Waals surface area contributed by atoms with E-state index in [9.17, 15) is 0 Å². The van der Waals surface area contributed by atoms with E-state index in [2.05, 4.69) is 5.32 Å². The number of rotatable bonds is 8. The first-order chi connectivity index (χ1) is 8.33. The van der Waals surface area contributed by atoms with E-state index in [0.717, 1.165) is 11.3 Å². The lowest BCUT2D eigenvalue weighted by Crippen LogP contribution is -2.22. The Morgan fingerprint density at radius 1 is 1.12 bits per heavy atom. The van der Waals surface area contributed by atoms with Crippen molar-refractivity contribution in [1.29, 1.82) is 0 Å². The highest BCUT2D eigenvalue weighted by molar-refractivity contribution is 5.36. The van der Waals surface area contributed by atoms with Crippen molar-refractivity contribution in [3.05, 3.63) is 29.8 Å². The largest absolute Gasteiger partial charge is 0.491 e. The minimum atomic E-state index is 0.138. The van der Waals surface area contributed by atoms with Gasteiger partial charge in [0.1, 0.15) is 12.4 Å². The molecule has 0 heterocycles. The average molecular weight is 239 g/mol. The highest BCUT2D eigenvalue weighted by Gasteiger charge is 2.13. The minimum absolute atomic E-state index is 0.138. The number of methoxy groups -OCH3 is 2. The van der Waals surface area contributed by atoms with Crippen LogP contribution in [0.1, 0.15) is 11.6 Å². The first-order valence-corrected chi connectivity index (χ1v) is 5.70. The Balaban J connectivity index is 2.74. The lowest BCUT2D eigenvalue weighted by Gasteiger charge is -2.19. The molecular formula is C13H21NO3. The van der Waals surface area contributed by atoms with Gasteiger partial charge < -0.3 is 19.5 Å². The summed E-state index contributed by atoms with van der Waals surface area (Å²) >= 11 is 0. The fourth-order valence-corrected chi connectivity index (χ4v) is 1.63. The van der Waals surface area contributed by atoms with Crippen LogP contribution in [0.2, 0.25) is 0 Å². The molecule has 1 N–H and O–H groups in total. The number of benzene rings is 1. The smallest absolute Gasteiger partial charge is 0.124 e. The molecule has 0 spiro atoms. The third-order valence-corrected chi connectivity index (χ3v) is 2.52. The van der Waals surface area contributed by atoms with Crippen LogP contribution < -0.4 is 10.1 Å². The molecule has 0 aliphatic carbocycles. The normalized spacial score (nSPS) is 12.4. The summed E-state index contributed by atoms with van der Waals surface area (Å²) in [6, 6.07) is 8.11. The number of nitrogens with one attached hydrogen (secondary N) is 1. The van der Waals surface area contributed by atoms with Gasteiger partial charge in [-0.25, -0.2) is 0 Å². The Morgan fingerprint density at radius 3 is 2.53 bits per heavy atom. The van der Waals surface area contributed by atoms with Gasteiger partial charge in [-0.1, -0.05) is 18.2 Å². The Labute approximate surface area is 103 Å². The van der Waals surface area contributed by atoms with E-state index < -0.39 is 0 Å². The molecule has 4 nitrogen and oxygen atoms in total. The molecule has 1 aromatic rings. The summed E-state index contributed by atoms with van der Waals surface area (Å²) in [6.45, 7) is 1.75. The highest BCUT2D eigenvalue weighted by Crippen LogP contribution is 2.24. The molecule has 0 fully saturated rings. The molecule has 0 aliphatic rings. The van der Waals surface area contributed by atoms with Crippen molar-refractivity contribution in [3.63, 3.8) is 0 Å². The number of para-hydroxylation sites is 1. The number of likely N-dealkylation sites (N-methyl/N-ethyl adjacent to an activating group) is 1. The summed E-state index contributed by atoms with van der Waals surface area (Å²) in [5.74, 6) is 0.876. The van der Waals surface area contributed by atoms with Crippen LogP contribution in [0.15, 0.2) is 24.3 Å². The van der Waals surface area contributed by atoms with E-state index in [0.29, 0.717) is 19.8 Å². The standard InChI is InChI=1S/C13H21NO3/c1-14-12(10-16-3)11-6-4-5-7-13(11)17-9-8-15-2/h4-7,12,14H,8-10H2,1-3H3. The third-order valence-electron chi connectivity index (χ3n) is 2.52. The first kappa shape index (κ1) is 14.0. The molecule has 1 rings (SSSR count). The van der Waals surface area contributed by atoms with Gasteiger partial charge in [0.25, 0.3) is 0 Å². The fraction of sp³-hybridized carbons (Fsp3) is 0.538. The van der Waals surface area contributed by atoms with Crippen molar-refractivity contribution >= 4 is 0 Å². The van der Waals surface area contributed by atoms with Crippen LogP contribution in [-0.4, -0.2) is 41.1 Å². The van der Waals surface area contributed by atoms with E-state index >= 15 is 0 Å². The van der Waals surface area contributed by atoms with Gasteiger partial charge in [0.2, 0.25) is 0 Å². The second-order valence-electron chi connectivity index (χ2n) is 3.68. The van der Waals surface area contributed by atoms with Crippen molar-refractivity contribution in [2.75, 3.05) is 41.1 Å². The van der Waals surface area contributed by atoms with Crippen LogP contribution in [0.25, 0.3) is 0 Å². The summed E-state index contributed by atoms with van der Waals surface area (Å²) in [5, 5.41) is 3.21. The van der Waals surface area contributed by atoms with Crippen molar-refractivity contribution in [2.45, 2.75) is 6.04 Å². The van der Waals surface area contributed by atoms with Gasteiger partial charge in [-0.2, -0.15) is 0 Å². The van der Waals surface area contributed by atoms with Crippen molar-refractivity contribution in [2.24, 2.45) is 0 Å². The topological polar surface area (TPSA) is 39.7 Å². The molecule has 1 aromatic carbocycles. The van der Waals surface area contributed by atoms with E-state index in [-0.39, 0.29) is 6.04 Å². The molecule has 0 saturated heterocycles. The van der Waals surface area contributed by atoms with Gasteiger partial charge in [0, 0.05) is 19.8 Å². The molecule has 0 radical (unpaired) electrons. The highest BCUT2D eigenvalue weighted by atomic mass is 16.5. The molecule has 96 valence electrons. The molecule has 17 heavy (non-hydrogen) atoms. The fourth-order valence-electron chi connectivity index (χ4n) is 1.63. The summed E-state index contributed by atoms with van der Waals surface area (Å²) < 4.78 is 15.8. The zero-order chi connectivity index (χ0) is 12.5. The van der Waals surface area contributed by atoms with Crippen LogP contribution in [0.5, 0.6) is 5.75 Å². The number of hydrogen-bond acceptors (Lipinski definition) is 4. The van der Waals surface area contributed by atoms with Gasteiger partial charge in [0.15, 0.2) is 0 Å². The zero-order valence-corrected chi connectivity index (χ0v) is 10.7. The van der Waals surface area contributed by atoms with Crippen molar-refractivity contribution < 1.29 is 14.2 Å². The Bertz CT molecular complexity index is 317. The average Bonchev–Trinajstić information content (AvgIpc) is 2.37. The number of ether oxygens (including phenoxy) is 3. The molecule has 0 saturated carbocycles. The van der Waals surface area contributed by atoms with Crippen LogP contribution in [-0.2, 0) is 9.47 Å². The summed E-state index contributed by atoms with van der Waals surface area (Å²) in [4.78, 5) is 0. The molecule has 0 aromatic heterocycles. The Kier molecular flexibility index (Phi) is 6.62. The number of hydrogen-bond donors (Lipinski definition) is 1. The Morgan fingerprint density at radius 2 is 1.88 bits per heavy atom. The van der Waals surface area contributed by atoms with Crippen LogP contribution in [0.4, 0.5) is 0 Å². The predicted molar refractivity (Wildman–Crippen MR) is 67.5 cm³/mol. The van der Waals surface area contributed by atoms with E-state index in [1.54, 1.807) is 14.2 Å². The maximum absolute atomic E-state index is 5.69. The molecule has 0 aliphatic heterocycles. The van der Waals surface area contributed by atoms with Crippen LogP contribution in [0, 0.1) is 0 Å². The maximum Gasteiger partial charge on any atom is 0.124 e. The van der Waals surface area contributed by atoms with Gasteiger partial charge in [-0.3, -0.25) is 0 Å². The molecular weight excluding hydrogens is 218 g/mol. The molecule has 0 bridgehead atoms. The third kappa shape index (κ3) is 4.34. The van der Waals surface area contributed by atoms with Gasteiger partial charge in [0.05, 0.1) is 19.3 Å². The SMILES string of the molecule is CNC(COC)c1ccccc1OCCOC. The van der Waals surface area contributed by atoms with Gasteiger partial charge >= 0.3 is 0 Å². The van der Waals surface area contributed by atoms with Crippen LogP contribution in [0.3, 0.4) is 0 Å². The van der Waals surface area contributed by atoms with Gasteiger partial charge in [-0.05, 0) is 13.1 Å². The lowest BCUT2D eigenvalue weighted by molar-refractivity contribution is 0.142. The maximum atomic E-state index is 5.69. The first-order valence-electron chi connectivity index (χ1n) is 5.70. The van der Waals surface area contributed by atoms with Crippen LogP contribution >= 0.6 is 0 Å². The second-order valence-corrected chi connectivity index (χ2v) is 3.68. The molecule has 1 atom stereocenters.